The summed E-state index contributed by atoms with van der Waals surface area (Å²) in [6, 6.07) is 7.96. The molecule has 3 unspecified atom stereocenters. The molecule has 0 aromatic heterocycles. The molecule has 1 aliphatic carbocycles. The number of aryl methyl sites for hydroxylation is 2. The molecule has 1 saturated heterocycles. The van der Waals surface area contributed by atoms with Crippen LogP contribution >= 0.6 is 0 Å². The third kappa shape index (κ3) is 2.08. The Morgan fingerprint density at radius 1 is 1.33 bits per heavy atom. The van der Waals surface area contributed by atoms with E-state index in [1.54, 1.807) is 11.1 Å². The first kappa shape index (κ1) is 12.2. The van der Waals surface area contributed by atoms with Crippen molar-refractivity contribution in [3.05, 3.63) is 34.9 Å². The normalized spacial score (nSPS) is 29.5. The van der Waals surface area contributed by atoms with Crippen LogP contribution in [0.3, 0.4) is 0 Å². The van der Waals surface area contributed by atoms with Crippen molar-refractivity contribution >= 4 is 0 Å². The Morgan fingerprint density at radius 3 is 2.89 bits per heavy atom. The van der Waals surface area contributed by atoms with Crippen LogP contribution in [0.25, 0.3) is 0 Å². The summed E-state index contributed by atoms with van der Waals surface area (Å²) in [5.41, 5.74) is 10.6. The Morgan fingerprint density at radius 2 is 2.17 bits per heavy atom. The smallest absolute Gasteiger partial charge is 0.0354 e. The van der Waals surface area contributed by atoms with Gasteiger partial charge in [-0.25, -0.2) is 0 Å². The van der Waals surface area contributed by atoms with E-state index in [1.807, 2.05) is 0 Å². The molecule has 2 nitrogen and oxygen atoms in total. The highest BCUT2D eigenvalue weighted by Crippen LogP contribution is 2.39. The molecule has 0 radical (unpaired) electrons. The van der Waals surface area contributed by atoms with Crippen LogP contribution in [0.5, 0.6) is 0 Å². The topological polar surface area (TPSA) is 29.3 Å². The van der Waals surface area contributed by atoms with Gasteiger partial charge in [-0.3, -0.25) is 4.90 Å². The second-order valence-corrected chi connectivity index (χ2v) is 6.16. The lowest BCUT2D eigenvalue weighted by atomic mass is 10.0. The highest BCUT2D eigenvalue weighted by molar-refractivity contribution is 5.37. The van der Waals surface area contributed by atoms with Gasteiger partial charge in [-0.15, -0.1) is 0 Å². The predicted molar refractivity (Wildman–Crippen MR) is 75.6 cm³/mol. The van der Waals surface area contributed by atoms with E-state index in [4.69, 9.17) is 5.73 Å². The van der Waals surface area contributed by atoms with Gasteiger partial charge >= 0.3 is 0 Å². The molecule has 0 amide bonds. The molecule has 0 saturated carbocycles. The fourth-order valence-electron chi connectivity index (χ4n) is 3.61. The third-order valence-corrected chi connectivity index (χ3v) is 4.79. The zero-order chi connectivity index (χ0) is 12.7. The van der Waals surface area contributed by atoms with Crippen molar-refractivity contribution in [1.82, 2.24) is 4.90 Å². The largest absolute Gasteiger partial charge is 0.328 e. The summed E-state index contributed by atoms with van der Waals surface area (Å²) in [6.07, 6.45) is 3.82. The maximum Gasteiger partial charge on any atom is 0.0354 e. The van der Waals surface area contributed by atoms with E-state index in [2.05, 4.69) is 36.9 Å². The Hall–Kier alpha value is -0.860. The lowest BCUT2D eigenvalue weighted by molar-refractivity contribution is 0.232. The number of likely N-dealkylation sites (tertiary alicyclic amines) is 1. The molecule has 3 atom stereocenters. The Labute approximate surface area is 110 Å². The maximum absolute atomic E-state index is 6.05. The minimum absolute atomic E-state index is 0.341. The number of rotatable bonds is 2. The molecule has 2 heteroatoms. The summed E-state index contributed by atoms with van der Waals surface area (Å²) in [4.78, 5) is 2.67. The summed E-state index contributed by atoms with van der Waals surface area (Å²) >= 11 is 0. The van der Waals surface area contributed by atoms with E-state index in [1.165, 1.54) is 37.9 Å². The van der Waals surface area contributed by atoms with Crippen LogP contribution < -0.4 is 5.73 Å². The van der Waals surface area contributed by atoms with Crippen LogP contribution in [0.2, 0.25) is 0 Å². The van der Waals surface area contributed by atoms with E-state index >= 15 is 0 Å². The summed E-state index contributed by atoms with van der Waals surface area (Å²) in [7, 11) is 0. The Balaban J connectivity index is 1.79. The first-order valence-electron chi connectivity index (χ1n) is 7.24. The number of hydrogen-bond acceptors (Lipinski definition) is 2. The van der Waals surface area contributed by atoms with Gasteiger partial charge in [0.15, 0.2) is 0 Å². The molecular weight excluding hydrogens is 220 g/mol. The number of hydrogen-bond donors (Lipinski definition) is 1. The van der Waals surface area contributed by atoms with Gasteiger partial charge in [-0.2, -0.15) is 0 Å². The molecule has 1 fully saturated rings. The van der Waals surface area contributed by atoms with Crippen molar-refractivity contribution in [3.8, 4) is 0 Å². The molecule has 0 spiro atoms. The number of nitrogens with two attached hydrogens (primary N) is 1. The lowest BCUT2D eigenvalue weighted by Crippen LogP contribution is -2.31. The van der Waals surface area contributed by atoms with Crippen molar-refractivity contribution < 1.29 is 0 Å². The van der Waals surface area contributed by atoms with Gasteiger partial charge in [-0.05, 0) is 56.7 Å². The predicted octanol–water partition coefficient (Wildman–Crippen LogP) is 2.65. The van der Waals surface area contributed by atoms with Gasteiger partial charge in [0, 0.05) is 18.6 Å². The van der Waals surface area contributed by atoms with Crippen molar-refractivity contribution in [2.24, 2.45) is 11.7 Å². The zero-order valence-electron chi connectivity index (χ0n) is 11.5. The first-order chi connectivity index (χ1) is 8.65. The molecule has 1 heterocycles. The standard InChI is InChI=1S/C16H24N2/c1-11-3-4-13-5-6-16(15(13)9-11)18-8-7-14(10-18)12(2)17/h3-4,9,12,14,16H,5-8,10,17H2,1-2H3. The molecular formula is C16H24N2. The van der Waals surface area contributed by atoms with Crippen LogP contribution in [0, 0.1) is 12.8 Å². The van der Waals surface area contributed by atoms with Crippen molar-refractivity contribution in [2.45, 2.75) is 45.2 Å². The summed E-state index contributed by atoms with van der Waals surface area (Å²) < 4.78 is 0. The van der Waals surface area contributed by atoms with E-state index in [-0.39, 0.29) is 0 Å². The Kier molecular flexibility index (Phi) is 3.16. The van der Waals surface area contributed by atoms with Gasteiger partial charge in [0.2, 0.25) is 0 Å². The average Bonchev–Trinajstić information content (AvgIpc) is 2.93. The van der Waals surface area contributed by atoms with Gasteiger partial charge in [0.05, 0.1) is 0 Å². The zero-order valence-corrected chi connectivity index (χ0v) is 11.5. The lowest BCUT2D eigenvalue weighted by Gasteiger charge is -2.25. The van der Waals surface area contributed by atoms with Crippen molar-refractivity contribution in [1.29, 1.82) is 0 Å². The Bertz CT molecular complexity index is 439. The average molecular weight is 244 g/mol. The number of nitrogens with zero attached hydrogens (tertiary/aromatic N) is 1. The molecule has 2 N–H and O–H groups in total. The number of fused-ring (bicyclic) bond motifs is 1. The molecule has 2 aliphatic rings. The van der Waals surface area contributed by atoms with Crippen LogP contribution in [0.4, 0.5) is 0 Å². The van der Waals surface area contributed by atoms with Crippen LogP contribution in [0.15, 0.2) is 18.2 Å². The van der Waals surface area contributed by atoms with Crippen LogP contribution in [0.1, 0.15) is 42.5 Å². The summed E-state index contributed by atoms with van der Waals surface area (Å²) in [5, 5.41) is 0. The van der Waals surface area contributed by atoms with Crippen molar-refractivity contribution in [3.63, 3.8) is 0 Å². The third-order valence-electron chi connectivity index (χ3n) is 4.79. The minimum Gasteiger partial charge on any atom is -0.328 e. The first-order valence-corrected chi connectivity index (χ1v) is 7.24. The van der Waals surface area contributed by atoms with E-state index in [0.717, 1.165) is 0 Å². The fourth-order valence-corrected chi connectivity index (χ4v) is 3.61. The summed E-state index contributed by atoms with van der Waals surface area (Å²) in [6.45, 7) is 6.77. The SMILES string of the molecule is Cc1ccc2c(c1)C(N1CCC(C(C)N)C1)CC2. The van der Waals surface area contributed by atoms with Gasteiger partial charge < -0.3 is 5.73 Å². The highest BCUT2D eigenvalue weighted by Gasteiger charge is 2.33. The minimum atomic E-state index is 0.341. The molecule has 98 valence electrons. The van der Waals surface area contributed by atoms with Crippen LogP contribution in [-0.4, -0.2) is 24.0 Å². The van der Waals surface area contributed by atoms with Gasteiger partial charge in [-0.1, -0.05) is 23.8 Å². The van der Waals surface area contributed by atoms with Crippen molar-refractivity contribution in [2.75, 3.05) is 13.1 Å². The van der Waals surface area contributed by atoms with Crippen LogP contribution in [-0.2, 0) is 6.42 Å². The molecule has 3 rings (SSSR count). The monoisotopic (exact) mass is 244 g/mol. The second-order valence-electron chi connectivity index (χ2n) is 6.16. The van der Waals surface area contributed by atoms with Gasteiger partial charge in [0.1, 0.15) is 0 Å². The molecule has 1 aromatic carbocycles. The summed E-state index contributed by atoms with van der Waals surface area (Å²) in [5.74, 6) is 0.693. The highest BCUT2D eigenvalue weighted by atomic mass is 15.2. The van der Waals surface area contributed by atoms with Gasteiger partial charge in [0.25, 0.3) is 0 Å². The number of benzene rings is 1. The second kappa shape index (κ2) is 4.67. The molecule has 1 aromatic rings. The molecule has 18 heavy (non-hydrogen) atoms. The fraction of sp³-hybridized carbons (Fsp3) is 0.625. The van der Waals surface area contributed by atoms with E-state index in [9.17, 15) is 0 Å². The van der Waals surface area contributed by atoms with E-state index < -0.39 is 0 Å². The van der Waals surface area contributed by atoms with E-state index in [0.29, 0.717) is 18.0 Å². The quantitative estimate of drug-likeness (QED) is 0.866. The molecule has 1 aliphatic heterocycles. The maximum atomic E-state index is 6.05. The molecule has 0 bridgehead atoms.